The number of hydrogen-bond acceptors (Lipinski definition) is 3. The van der Waals surface area contributed by atoms with E-state index in [-0.39, 0.29) is 5.52 Å². The van der Waals surface area contributed by atoms with Gasteiger partial charge in [-0.2, -0.15) is 13.2 Å². The summed E-state index contributed by atoms with van der Waals surface area (Å²) >= 11 is 0. The van der Waals surface area contributed by atoms with E-state index < -0.39 is 11.7 Å². The number of aromatic nitrogens is 1. The van der Waals surface area contributed by atoms with Crippen LogP contribution in [-0.2, 0) is 12.6 Å². The van der Waals surface area contributed by atoms with E-state index in [0.29, 0.717) is 24.1 Å². The zero-order valence-electron chi connectivity index (χ0n) is 8.21. The van der Waals surface area contributed by atoms with Crippen molar-refractivity contribution in [1.82, 2.24) is 5.16 Å². The Morgan fingerprint density at radius 3 is 2.69 bits per heavy atom. The molecule has 0 fully saturated rings. The molecule has 1 aromatic heterocycles. The maximum absolute atomic E-state index is 12.6. The Hall–Kier alpha value is -1.56. The maximum atomic E-state index is 12.6. The molecule has 16 heavy (non-hydrogen) atoms. The second-order valence-electron chi connectivity index (χ2n) is 3.34. The monoisotopic (exact) mass is 230 g/mol. The molecule has 0 aliphatic heterocycles. The molecule has 1 heterocycles. The molecule has 0 atom stereocenters. The van der Waals surface area contributed by atoms with Crippen molar-refractivity contribution in [1.29, 1.82) is 0 Å². The third-order valence-corrected chi connectivity index (χ3v) is 2.26. The van der Waals surface area contributed by atoms with Gasteiger partial charge in [-0.15, -0.1) is 0 Å². The van der Waals surface area contributed by atoms with E-state index in [1.807, 2.05) is 0 Å². The largest absolute Gasteiger partial charge is 0.418 e. The second-order valence-corrected chi connectivity index (χ2v) is 3.34. The zero-order chi connectivity index (χ0) is 11.8. The third-order valence-electron chi connectivity index (χ3n) is 2.26. The lowest BCUT2D eigenvalue weighted by molar-refractivity contribution is -0.136. The van der Waals surface area contributed by atoms with E-state index in [0.717, 1.165) is 6.07 Å². The first-order valence-electron chi connectivity index (χ1n) is 4.68. The first kappa shape index (κ1) is 10.9. The van der Waals surface area contributed by atoms with Crippen molar-refractivity contribution >= 4 is 10.9 Å². The molecule has 0 amide bonds. The van der Waals surface area contributed by atoms with Gasteiger partial charge in [0.05, 0.1) is 5.56 Å². The summed E-state index contributed by atoms with van der Waals surface area (Å²) in [4.78, 5) is 0. The van der Waals surface area contributed by atoms with Crippen LogP contribution < -0.4 is 5.73 Å². The Morgan fingerprint density at radius 1 is 1.31 bits per heavy atom. The van der Waals surface area contributed by atoms with Crippen LogP contribution in [0.5, 0.6) is 0 Å². The smallest absolute Gasteiger partial charge is 0.360 e. The lowest BCUT2D eigenvalue weighted by Gasteiger charge is -2.05. The summed E-state index contributed by atoms with van der Waals surface area (Å²) in [5, 5.41) is 3.83. The van der Waals surface area contributed by atoms with Crippen LogP contribution in [0, 0.1) is 0 Å². The molecule has 0 unspecified atom stereocenters. The second kappa shape index (κ2) is 3.79. The summed E-state index contributed by atoms with van der Waals surface area (Å²) in [6.07, 6.45) is -4.05. The molecule has 2 N–H and O–H groups in total. The number of nitrogens with two attached hydrogens (primary N) is 1. The van der Waals surface area contributed by atoms with Crippen LogP contribution in [0.4, 0.5) is 13.2 Å². The van der Waals surface area contributed by atoms with E-state index in [9.17, 15) is 13.2 Å². The number of alkyl halides is 3. The van der Waals surface area contributed by atoms with Crippen LogP contribution in [0.2, 0.25) is 0 Å². The SMILES string of the molecule is NCCc1onc2c(C(F)(F)F)cccc12. The summed E-state index contributed by atoms with van der Waals surface area (Å²) in [6, 6.07) is 3.87. The van der Waals surface area contributed by atoms with E-state index in [1.165, 1.54) is 6.07 Å². The highest BCUT2D eigenvalue weighted by molar-refractivity contribution is 5.84. The number of hydrogen-bond donors (Lipinski definition) is 1. The van der Waals surface area contributed by atoms with Gasteiger partial charge in [0.15, 0.2) is 0 Å². The first-order chi connectivity index (χ1) is 7.54. The number of nitrogens with zero attached hydrogens (tertiary/aromatic N) is 1. The minimum Gasteiger partial charge on any atom is -0.360 e. The Balaban J connectivity index is 2.62. The molecule has 2 rings (SSSR count). The van der Waals surface area contributed by atoms with E-state index >= 15 is 0 Å². The van der Waals surface area contributed by atoms with Gasteiger partial charge in [-0.1, -0.05) is 11.2 Å². The van der Waals surface area contributed by atoms with Crippen LogP contribution >= 0.6 is 0 Å². The molecular weight excluding hydrogens is 221 g/mol. The lowest BCUT2D eigenvalue weighted by Crippen LogP contribution is -2.05. The predicted molar refractivity (Wildman–Crippen MR) is 51.8 cm³/mol. The van der Waals surface area contributed by atoms with Gasteiger partial charge in [0.1, 0.15) is 11.3 Å². The number of halogens is 3. The highest BCUT2D eigenvalue weighted by Gasteiger charge is 2.34. The molecule has 3 nitrogen and oxygen atoms in total. The summed E-state index contributed by atoms with van der Waals surface area (Å²) in [5.41, 5.74) is 4.39. The summed E-state index contributed by atoms with van der Waals surface area (Å²) in [5.74, 6) is 0.392. The van der Waals surface area contributed by atoms with Crippen molar-refractivity contribution in [2.24, 2.45) is 5.73 Å². The number of rotatable bonds is 2. The molecule has 1 aromatic carbocycles. The Labute approximate surface area is 89.0 Å². The van der Waals surface area contributed by atoms with Crippen molar-refractivity contribution < 1.29 is 17.7 Å². The van der Waals surface area contributed by atoms with Crippen molar-refractivity contribution in [3.05, 3.63) is 29.5 Å². The minimum absolute atomic E-state index is 0.154. The molecule has 0 radical (unpaired) electrons. The fraction of sp³-hybridized carbons (Fsp3) is 0.300. The Bertz CT molecular complexity index is 504. The highest BCUT2D eigenvalue weighted by atomic mass is 19.4. The molecule has 2 aromatic rings. The quantitative estimate of drug-likeness (QED) is 0.861. The molecule has 0 spiro atoms. The Kier molecular flexibility index (Phi) is 2.59. The molecule has 86 valence electrons. The maximum Gasteiger partial charge on any atom is 0.418 e. The van der Waals surface area contributed by atoms with Gasteiger partial charge in [-0.05, 0) is 18.7 Å². The first-order valence-corrected chi connectivity index (χ1v) is 4.68. The Morgan fingerprint density at radius 2 is 2.06 bits per heavy atom. The molecule has 0 aliphatic carbocycles. The average Bonchev–Trinajstić information content (AvgIpc) is 2.61. The average molecular weight is 230 g/mol. The molecular formula is C10H9F3N2O. The van der Waals surface area contributed by atoms with Crippen molar-refractivity contribution in [2.75, 3.05) is 6.54 Å². The van der Waals surface area contributed by atoms with Crippen LogP contribution in [0.1, 0.15) is 11.3 Å². The van der Waals surface area contributed by atoms with Gasteiger partial charge in [0.2, 0.25) is 0 Å². The third kappa shape index (κ3) is 1.76. The van der Waals surface area contributed by atoms with Gasteiger partial charge in [0.25, 0.3) is 0 Å². The van der Waals surface area contributed by atoms with Gasteiger partial charge >= 0.3 is 6.18 Å². The molecule has 0 saturated carbocycles. The van der Waals surface area contributed by atoms with Crippen molar-refractivity contribution in [3.8, 4) is 0 Å². The fourth-order valence-corrected chi connectivity index (χ4v) is 1.56. The van der Waals surface area contributed by atoms with E-state index in [4.69, 9.17) is 10.3 Å². The summed E-state index contributed by atoms with van der Waals surface area (Å²) in [7, 11) is 0. The van der Waals surface area contributed by atoms with Crippen molar-refractivity contribution in [2.45, 2.75) is 12.6 Å². The van der Waals surface area contributed by atoms with Crippen molar-refractivity contribution in [3.63, 3.8) is 0 Å². The highest BCUT2D eigenvalue weighted by Crippen LogP contribution is 2.35. The topological polar surface area (TPSA) is 52.0 Å². The number of benzene rings is 1. The molecule has 6 heteroatoms. The van der Waals surface area contributed by atoms with E-state index in [1.54, 1.807) is 6.07 Å². The van der Waals surface area contributed by atoms with Gasteiger partial charge in [0, 0.05) is 11.8 Å². The minimum atomic E-state index is -4.42. The fourth-order valence-electron chi connectivity index (χ4n) is 1.56. The lowest BCUT2D eigenvalue weighted by atomic mass is 10.1. The van der Waals surface area contributed by atoms with E-state index in [2.05, 4.69) is 5.16 Å². The van der Waals surface area contributed by atoms with Crippen LogP contribution in [0.25, 0.3) is 10.9 Å². The van der Waals surface area contributed by atoms with Gasteiger partial charge in [-0.25, -0.2) is 0 Å². The zero-order valence-corrected chi connectivity index (χ0v) is 8.21. The summed E-state index contributed by atoms with van der Waals surface area (Å²) in [6.45, 7) is 0.306. The number of fused-ring (bicyclic) bond motifs is 1. The van der Waals surface area contributed by atoms with Crippen LogP contribution in [-0.4, -0.2) is 11.7 Å². The molecule has 0 aliphatic rings. The van der Waals surface area contributed by atoms with Gasteiger partial charge < -0.3 is 10.3 Å². The van der Waals surface area contributed by atoms with Gasteiger partial charge in [-0.3, -0.25) is 0 Å². The normalized spacial score (nSPS) is 12.2. The standard InChI is InChI=1S/C10H9F3N2O/c11-10(12,13)7-3-1-2-6-8(4-5-14)16-15-9(6)7/h1-3H,4-5,14H2. The summed E-state index contributed by atoms with van der Waals surface area (Å²) < 4.78 is 42.7. The van der Waals surface area contributed by atoms with Crippen LogP contribution in [0.15, 0.2) is 22.7 Å². The van der Waals surface area contributed by atoms with Crippen LogP contribution in [0.3, 0.4) is 0 Å². The molecule has 0 saturated heterocycles. The molecule has 0 bridgehead atoms. The predicted octanol–water partition coefficient (Wildman–Crippen LogP) is 2.35.